The van der Waals surface area contributed by atoms with E-state index in [2.05, 4.69) is 48.5 Å². The first-order chi connectivity index (χ1) is 9.33. The predicted molar refractivity (Wildman–Crippen MR) is 78.9 cm³/mol. The summed E-state index contributed by atoms with van der Waals surface area (Å²) in [5.74, 6) is 0.587. The van der Waals surface area contributed by atoms with Gasteiger partial charge in [-0.2, -0.15) is 0 Å². The molecule has 1 aliphatic carbocycles. The summed E-state index contributed by atoms with van der Waals surface area (Å²) in [4.78, 5) is 0. The van der Waals surface area contributed by atoms with E-state index in [4.69, 9.17) is 0 Å². The second-order valence-corrected chi connectivity index (χ2v) is 5.51. The second kappa shape index (κ2) is 5.58. The van der Waals surface area contributed by atoms with Crippen LogP contribution >= 0.6 is 0 Å². The molecule has 1 nitrogen and oxygen atoms in total. The molecule has 0 spiro atoms. The SMILES string of the molecule is OC(CCc1ccc(-c2ccccc2)cc1)C1CC1. The molecule has 0 saturated heterocycles. The summed E-state index contributed by atoms with van der Waals surface area (Å²) in [6, 6.07) is 19.1. The summed E-state index contributed by atoms with van der Waals surface area (Å²) in [5, 5.41) is 9.88. The van der Waals surface area contributed by atoms with Gasteiger partial charge in [0.25, 0.3) is 0 Å². The molecule has 1 heteroatoms. The van der Waals surface area contributed by atoms with Crippen molar-refractivity contribution in [3.05, 3.63) is 60.2 Å². The third kappa shape index (κ3) is 3.24. The van der Waals surface area contributed by atoms with E-state index in [-0.39, 0.29) is 6.10 Å². The molecule has 0 aromatic heterocycles. The zero-order valence-electron chi connectivity index (χ0n) is 11.1. The van der Waals surface area contributed by atoms with Crippen molar-refractivity contribution in [3.63, 3.8) is 0 Å². The standard InChI is InChI=1S/C18H20O/c19-18(17-11-12-17)13-8-14-6-9-16(10-7-14)15-4-2-1-3-5-15/h1-7,9-10,17-19H,8,11-13H2. The summed E-state index contributed by atoms with van der Waals surface area (Å²) in [5.41, 5.74) is 3.83. The Hall–Kier alpha value is -1.60. The minimum absolute atomic E-state index is 0.0891. The topological polar surface area (TPSA) is 20.2 Å². The van der Waals surface area contributed by atoms with Crippen molar-refractivity contribution in [2.45, 2.75) is 31.8 Å². The van der Waals surface area contributed by atoms with E-state index in [9.17, 15) is 5.11 Å². The van der Waals surface area contributed by atoms with Crippen molar-refractivity contribution in [1.29, 1.82) is 0 Å². The van der Waals surface area contributed by atoms with E-state index in [0.717, 1.165) is 12.8 Å². The molecular weight excluding hydrogens is 232 g/mol. The highest BCUT2D eigenvalue weighted by Gasteiger charge is 2.28. The number of aliphatic hydroxyl groups is 1. The Morgan fingerprint density at radius 2 is 1.53 bits per heavy atom. The molecule has 0 radical (unpaired) electrons. The van der Waals surface area contributed by atoms with Gasteiger partial charge in [0.1, 0.15) is 0 Å². The third-order valence-corrected chi connectivity index (χ3v) is 3.96. The van der Waals surface area contributed by atoms with Crippen LogP contribution in [0, 0.1) is 5.92 Å². The highest BCUT2D eigenvalue weighted by molar-refractivity contribution is 5.63. The molecule has 2 aromatic carbocycles. The van der Waals surface area contributed by atoms with Gasteiger partial charge in [-0.3, -0.25) is 0 Å². The summed E-state index contributed by atoms with van der Waals surface area (Å²) < 4.78 is 0. The van der Waals surface area contributed by atoms with Crippen molar-refractivity contribution in [2.75, 3.05) is 0 Å². The van der Waals surface area contributed by atoms with Gasteiger partial charge in [0, 0.05) is 0 Å². The van der Waals surface area contributed by atoms with Gasteiger partial charge in [0.15, 0.2) is 0 Å². The first-order valence-electron chi connectivity index (χ1n) is 7.15. The Balaban J connectivity index is 1.62. The van der Waals surface area contributed by atoms with Crippen LogP contribution in [-0.2, 0) is 6.42 Å². The molecule has 98 valence electrons. The smallest absolute Gasteiger partial charge is 0.0571 e. The fourth-order valence-electron chi connectivity index (χ4n) is 2.53. The number of rotatable bonds is 5. The first-order valence-corrected chi connectivity index (χ1v) is 7.15. The van der Waals surface area contributed by atoms with Crippen LogP contribution in [0.4, 0.5) is 0 Å². The van der Waals surface area contributed by atoms with Gasteiger partial charge in [0.05, 0.1) is 6.10 Å². The fraction of sp³-hybridized carbons (Fsp3) is 0.333. The Kier molecular flexibility index (Phi) is 3.65. The van der Waals surface area contributed by atoms with Crippen LogP contribution < -0.4 is 0 Å². The number of hydrogen-bond acceptors (Lipinski definition) is 1. The normalized spacial score (nSPS) is 16.3. The molecule has 3 rings (SSSR count). The quantitative estimate of drug-likeness (QED) is 0.851. The second-order valence-electron chi connectivity index (χ2n) is 5.51. The lowest BCUT2D eigenvalue weighted by Gasteiger charge is -2.09. The maximum absolute atomic E-state index is 9.88. The number of benzene rings is 2. The van der Waals surface area contributed by atoms with Crippen LogP contribution in [0.25, 0.3) is 11.1 Å². The van der Waals surface area contributed by atoms with Crippen molar-refractivity contribution in [1.82, 2.24) is 0 Å². The van der Waals surface area contributed by atoms with E-state index in [1.807, 2.05) is 6.07 Å². The summed E-state index contributed by atoms with van der Waals surface area (Å²) >= 11 is 0. The molecule has 2 aromatic rings. The monoisotopic (exact) mass is 252 g/mol. The molecule has 0 aliphatic heterocycles. The van der Waals surface area contributed by atoms with Gasteiger partial charge in [-0.25, -0.2) is 0 Å². The molecule has 1 unspecified atom stereocenters. The van der Waals surface area contributed by atoms with Gasteiger partial charge in [0.2, 0.25) is 0 Å². The maximum Gasteiger partial charge on any atom is 0.0571 e. The number of aryl methyl sites for hydroxylation is 1. The Labute approximate surface area is 114 Å². The van der Waals surface area contributed by atoms with E-state index in [1.165, 1.54) is 29.5 Å². The minimum Gasteiger partial charge on any atom is -0.393 e. The summed E-state index contributed by atoms with van der Waals surface area (Å²) in [7, 11) is 0. The van der Waals surface area contributed by atoms with Gasteiger partial charge in [-0.1, -0.05) is 54.6 Å². The predicted octanol–water partition coefficient (Wildman–Crippen LogP) is 4.06. The maximum atomic E-state index is 9.88. The van der Waals surface area contributed by atoms with E-state index in [0.29, 0.717) is 5.92 Å². The van der Waals surface area contributed by atoms with Crippen LogP contribution in [0.5, 0.6) is 0 Å². The lowest BCUT2D eigenvalue weighted by molar-refractivity contribution is 0.142. The average molecular weight is 252 g/mol. The van der Waals surface area contributed by atoms with E-state index < -0.39 is 0 Å². The van der Waals surface area contributed by atoms with Gasteiger partial charge in [-0.05, 0) is 48.3 Å². The van der Waals surface area contributed by atoms with Crippen molar-refractivity contribution >= 4 is 0 Å². The molecule has 1 N–H and O–H groups in total. The molecule has 0 heterocycles. The molecule has 19 heavy (non-hydrogen) atoms. The number of hydrogen-bond donors (Lipinski definition) is 1. The van der Waals surface area contributed by atoms with Crippen LogP contribution in [-0.4, -0.2) is 11.2 Å². The fourth-order valence-corrected chi connectivity index (χ4v) is 2.53. The average Bonchev–Trinajstić information content (AvgIpc) is 3.31. The van der Waals surface area contributed by atoms with Gasteiger partial charge < -0.3 is 5.11 Å². The minimum atomic E-state index is -0.0891. The first kappa shape index (κ1) is 12.4. The van der Waals surface area contributed by atoms with Gasteiger partial charge >= 0.3 is 0 Å². The van der Waals surface area contributed by atoms with Crippen LogP contribution in [0.2, 0.25) is 0 Å². The summed E-state index contributed by atoms with van der Waals surface area (Å²) in [6.07, 6.45) is 4.22. The van der Waals surface area contributed by atoms with Crippen LogP contribution in [0.15, 0.2) is 54.6 Å². The Morgan fingerprint density at radius 1 is 0.895 bits per heavy atom. The molecule has 1 atom stereocenters. The lowest BCUT2D eigenvalue weighted by Crippen LogP contribution is -2.09. The van der Waals surface area contributed by atoms with E-state index >= 15 is 0 Å². The molecule has 0 bridgehead atoms. The van der Waals surface area contributed by atoms with E-state index in [1.54, 1.807) is 0 Å². The van der Waals surface area contributed by atoms with Crippen LogP contribution in [0.3, 0.4) is 0 Å². The molecule has 1 fully saturated rings. The van der Waals surface area contributed by atoms with Crippen molar-refractivity contribution in [3.8, 4) is 11.1 Å². The van der Waals surface area contributed by atoms with Crippen molar-refractivity contribution in [2.24, 2.45) is 5.92 Å². The van der Waals surface area contributed by atoms with Crippen LogP contribution in [0.1, 0.15) is 24.8 Å². The Bertz CT molecular complexity index is 511. The largest absolute Gasteiger partial charge is 0.393 e. The molecular formula is C18H20O. The Morgan fingerprint density at radius 3 is 2.16 bits per heavy atom. The highest BCUT2D eigenvalue weighted by atomic mass is 16.3. The summed E-state index contributed by atoms with van der Waals surface area (Å²) in [6.45, 7) is 0. The van der Waals surface area contributed by atoms with Crippen molar-refractivity contribution < 1.29 is 5.11 Å². The molecule has 1 saturated carbocycles. The highest BCUT2D eigenvalue weighted by Crippen LogP contribution is 2.34. The molecule has 0 amide bonds. The zero-order chi connectivity index (χ0) is 13.1. The third-order valence-electron chi connectivity index (χ3n) is 3.96. The lowest BCUT2D eigenvalue weighted by atomic mass is 10.0. The number of aliphatic hydroxyl groups excluding tert-OH is 1. The van der Waals surface area contributed by atoms with Gasteiger partial charge in [-0.15, -0.1) is 0 Å². The molecule has 1 aliphatic rings. The zero-order valence-corrected chi connectivity index (χ0v) is 11.1.